The van der Waals surface area contributed by atoms with Crippen molar-refractivity contribution < 1.29 is 0 Å². The van der Waals surface area contributed by atoms with E-state index in [9.17, 15) is 0 Å². The number of hydrogen-bond acceptors (Lipinski definition) is 5. The summed E-state index contributed by atoms with van der Waals surface area (Å²) < 4.78 is 5.16. The standard InChI is InChI=1S/C39H23N3S2/c1-3-11-24(12-4-1)37-40-38(25-13-5-2-6-14-25)42-39(41-37)27-22-30(36-32(23-27)29-16-8-10-18-34(29)44-36)26-19-20-35-31(21-26)28-15-7-9-17-33(28)43-35/h1-23H. The third-order valence-electron chi connectivity index (χ3n) is 8.12. The monoisotopic (exact) mass is 597 g/mol. The minimum absolute atomic E-state index is 0.664. The van der Waals surface area contributed by atoms with Gasteiger partial charge < -0.3 is 0 Å². The Hall–Kier alpha value is -5.23. The largest absolute Gasteiger partial charge is 0.208 e. The molecule has 0 N–H and O–H groups in total. The SMILES string of the molecule is c1ccc(-c2nc(-c3ccccc3)nc(-c3cc(-c4ccc5sc6ccccc6c5c4)c4sc5ccccc5c4c3)n2)cc1. The Bertz CT molecular complexity index is 2440. The Morgan fingerprint density at radius 1 is 0.341 bits per heavy atom. The third-order valence-corrected chi connectivity index (χ3v) is 10.5. The highest BCUT2D eigenvalue weighted by Crippen LogP contribution is 2.44. The summed E-state index contributed by atoms with van der Waals surface area (Å²) in [6.07, 6.45) is 0. The van der Waals surface area contributed by atoms with Crippen LogP contribution < -0.4 is 0 Å². The predicted octanol–water partition coefficient (Wildman–Crippen LogP) is 11.3. The first-order chi connectivity index (χ1) is 21.8. The van der Waals surface area contributed by atoms with E-state index in [-0.39, 0.29) is 0 Å². The molecule has 0 atom stereocenters. The van der Waals surface area contributed by atoms with Crippen LogP contribution in [0.1, 0.15) is 0 Å². The Morgan fingerprint density at radius 3 is 1.50 bits per heavy atom. The van der Waals surface area contributed by atoms with Crippen LogP contribution in [0.15, 0.2) is 140 Å². The lowest BCUT2D eigenvalue weighted by Crippen LogP contribution is -2.00. The summed E-state index contributed by atoms with van der Waals surface area (Å²) in [6, 6.07) is 49.1. The topological polar surface area (TPSA) is 38.7 Å². The molecule has 0 aliphatic heterocycles. The van der Waals surface area contributed by atoms with Crippen LogP contribution in [0.4, 0.5) is 0 Å². The maximum atomic E-state index is 5.07. The van der Waals surface area contributed by atoms with Crippen molar-refractivity contribution in [3.63, 3.8) is 0 Å². The first-order valence-electron chi connectivity index (χ1n) is 14.5. The molecule has 0 bridgehead atoms. The molecule has 9 rings (SSSR count). The highest BCUT2D eigenvalue weighted by atomic mass is 32.1. The lowest BCUT2D eigenvalue weighted by atomic mass is 9.97. The summed E-state index contributed by atoms with van der Waals surface area (Å²) in [5, 5.41) is 5.06. The number of aromatic nitrogens is 3. The summed E-state index contributed by atoms with van der Waals surface area (Å²) in [7, 11) is 0. The van der Waals surface area contributed by atoms with Gasteiger partial charge in [0.2, 0.25) is 0 Å². The molecule has 0 fully saturated rings. The van der Waals surface area contributed by atoms with Crippen LogP contribution in [0.5, 0.6) is 0 Å². The van der Waals surface area contributed by atoms with Crippen LogP contribution in [0, 0.1) is 0 Å². The van der Waals surface area contributed by atoms with Crippen molar-refractivity contribution in [3.05, 3.63) is 140 Å². The fraction of sp³-hybridized carbons (Fsp3) is 0. The number of thiophene rings is 2. The van der Waals surface area contributed by atoms with Gasteiger partial charge in [-0.05, 0) is 42.0 Å². The predicted molar refractivity (Wildman–Crippen MR) is 187 cm³/mol. The zero-order chi connectivity index (χ0) is 29.0. The molecule has 0 unspecified atom stereocenters. The molecule has 0 saturated carbocycles. The zero-order valence-electron chi connectivity index (χ0n) is 23.4. The fourth-order valence-corrected chi connectivity index (χ4v) is 8.31. The van der Waals surface area contributed by atoms with E-state index in [4.69, 9.17) is 15.0 Å². The van der Waals surface area contributed by atoms with Gasteiger partial charge in [-0.2, -0.15) is 0 Å². The molecule has 6 aromatic carbocycles. The minimum atomic E-state index is 0.664. The average molecular weight is 598 g/mol. The number of benzene rings is 6. The van der Waals surface area contributed by atoms with Gasteiger partial charge in [0, 0.05) is 62.6 Å². The van der Waals surface area contributed by atoms with Gasteiger partial charge in [-0.25, -0.2) is 15.0 Å². The van der Waals surface area contributed by atoms with E-state index in [1.54, 1.807) is 0 Å². The van der Waals surface area contributed by atoms with Crippen LogP contribution in [0.2, 0.25) is 0 Å². The van der Waals surface area contributed by atoms with Crippen molar-refractivity contribution >= 4 is 63.0 Å². The first-order valence-corrected chi connectivity index (χ1v) is 16.2. The molecule has 0 aliphatic carbocycles. The molecule has 206 valence electrons. The number of rotatable bonds is 4. The van der Waals surface area contributed by atoms with E-state index < -0.39 is 0 Å². The van der Waals surface area contributed by atoms with Gasteiger partial charge in [-0.3, -0.25) is 0 Å². The molecular weight excluding hydrogens is 575 g/mol. The van der Waals surface area contributed by atoms with Crippen molar-refractivity contribution in [2.45, 2.75) is 0 Å². The van der Waals surface area contributed by atoms with Crippen molar-refractivity contribution in [2.75, 3.05) is 0 Å². The van der Waals surface area contributed by atoms with Crippen LogP contribution in [-0.2, 0) is 0 Å². The maximum Gasteiger partial charge on any atom is 0.164 e. The Kier molecular flexibility index (Phi) is 5.86. The Balaban J connectivity index is 1.33. The highest BCUT2D eigenvalue weighted by Gasteiger charge is 2.18. The molecule has 0 spiro atoms. The molecule has 44 heavy (non-hydrogen) atoms. The number of nitrogens with zero attached hydrogens (tertiary/aromatic N) is 3. The van der Waals surface area contributed by atoms with Crippen LogP contribution >= 0.6 is 22.7 Å². The minimum Gasteiger partial charge on any atom is -0.208 e. The quantitative estimate of drug-likeness (QED) is 0.203. The van der Waals surface area contributed by atoms with Crippen molar-refractivity contribution in [3.8, 4) is 45.3 Å². The summed E-state index contributed by atoms with van der Waals surface area (Å²) >= 11 is 3.70. The summed E-state index contributed by atoms with van der Waals surface area (Å²) in [5.74, 6) is 1.99. The highest BCUT2D eigenvalue weighted by molar-refractivity contribution is 7.26. The molecule has 0 aliphatic rings. The lowest BCUT2D eigenvalue weighted by Gasteiger charge is -2.11. The lowest BCUT2D eigenvalue weighted by molar-refractivity contribution is 1.07. The summed E-state index contributed by atoms with van der Waals surface area (Å²) in [6.45, 7) is 0. The molecule has 0 amide bonds. The van der Waals surface area contributed by atoms with Gasteiger partial charge in [-0.15, -0.1) is 22.7 Å². The second kappa shape index (κ2) is 10.2. The van der Waals surface area contributed by atoms with E-state index in [2.05, 4.69) is 103 Å². The van der Waals surface area contributed by atoms with Gasteiger partial charge in [0.1, 0.15) is 0 Å². The number of fused-ring (bicyclic) bond motifs is 6. The third kappa shape index (κ3) is 4.21. The Morgan fingerprint density at radius 2 is 0.841 bits per heavy atom. The molecule has 9 aromatic rings. The van der Waals surface area contributed by atoms with Crippen molar-refractivity contribution in [2.24, 2.45) is 0 Å². The molecule has 5 heteroatoms. The van der Waals surface area contributed by atoms with E-state index in [0.717, 1.165) is 16.7 Å². The van der Waals surface area contributed by atoms with Gasteiger partial charge in [0.25, 0.3) is 0 Å². The Labute approximate surface area is 261 Å². The van der Waals surface area contributed by atoms with Gasteiger partial charge in [0.05, 0.1) is 0 Å². The van der Waals surface area contributed by atoms with Crippen molar-refractivity contribution in [1.82, 2.24) is 15.0 Å². The van der Waals surface area contributed by atoms with Crippen LogP contribution in [-0.4, -0.2) is 15.0 Å². The normalized spacial score (nSPS) is 11.6. The molecule has 3 aromatic heterocycles. The van der Waals surface area contributed by atoms with Gasteiger partial charge in [0.15, 0.2) is 17.5 Å². The first kappa shape index (κ1) is 25.3. The van der Waals surface area contributed by atoms with Crippen LogP contribution in [0.25, 0.3) is 85.6 Å². The molecular formula is C39H23N3S2. The zero-order valence-corrected chi connectivity index (χ0v) is 25.1. The summed E-state index contributed by atoms with van der Waals surface area (Å²) in [5.41, 5.74) is 5.29. The van der Waals surface area contributed by atoms with Crippen molar-refractivity contribution in [1.29, 1.82) is 0 Å². The number of hydrogen-bond donors (Lipinski definition) is 0. The van der Waals surface area contributed by atoms with E-state index in [1.165, 1.54) is 51.5 Å². The second-order valence-electron chi connectivity index (χ2n) is 10.8. The summed E-state index contributed by atoms with van der Waals surface area (Å²) in [4.78, 5) is 15.1. The smallest absolute Gasteiger partial charge is 0.164 e. The molecule has 3 nitrogen and oxygen atoms in total. The van der Waals surface area contributed by atoms with Gasteiger partial charge in [-0.1, -0.05) is 103 Å². The van der Waals surface area contributed by atoms with Crippen LogP contribution in [0.3, 0.4) is 0 Å². The van der Waals surface area contributed by atoms with E-state index in [1.807, 2.05) is 59.1 Å². The fourth-order valence-electron chi connectivity index (χ4n) is 6.00. The molecule has 3 heterocycles. The molecule has 0 radical (unpaired) electrons. The van der Waals surface area contributed by atoms with Gasteiger partial charge >= 0.3 is 0 Å². The molecule has 0 saturated heterocycles. The van der Waals surface area contributed by atoms with E-state index in [0.29, 0.717) is 17.5 Å². The van der Waals surface area contributed by atoms with E-state index >= 15 is 0 Å². The maximum absolute atomic E-state index is 5.07. The average Bonchev–Trinajstić information content (AvgIpc) is 3.66. The second-order valence-corrected chi connectivity index (χ2v) is 13.0.